The first kappa shape index (κ1) is 20.6. The van der Waals surface area contributed by atoms with E-state index in [0.717, 1.165) is 0 Å². The number of aliphatic carboxylic acids is 1. The zero-order valence-corrected chi connectivity index (χ0v) is 16.4. The molecule has 0 amide bonds. The molecule has 30 heavy (non-hydrogen) atoms. The molecule has 0 saturated heterocycles. The Morgan fingerprint density at radius 3 is 2.40 bits per heavy atom. The number of aromatic nitrogens is 2. The van der Waals surface area contributed by atoms with E-state index in [1.54, 1.807) is 24.3 Å². The van der Waals surface area contributed by atoms with E-state index < -0.39 is 23.3 Å². The molecule has 1 heterocycles. The monoisotopic (exact) mass is 413 g/mol. The van der Waals surface area contributed by atoms with Crippen molar-refractivity contribution in [2.75, 3.05) is 14.2 Å². The van der Waals surface area contributed by atoms with Crippen LogP contribution in [0.2, 0.25) is 0 Å². The van der Waals surface area contributed by atoms with Gasteiger partial charge in [-0.25, -0.2) is 9.59 Å². The number of aromatic amines is 1. The van der Waals surface area contributed by atoms with Crippen LogP contribution >= 0.6 is 0 Å². The number of benzene rings is 2. The Morgan fingerprint density at radius 1 is 1.17 bits per heavy atom. The second-order valence-electron chi connectivity index (χ2n) is 6.19. The van der Waals surface area contributed by atoms with Gasteiger partial charge in [0.15, 0.2) is 17.6 Å². The number of ether oxygens (including phenoxy) is 3. The summed E-state index contributed by atoms with van der Waals surface area (Å²) in [5.74, 6) is -0.653. The number of hydrogen-bond donors (Lipinski definition) is 2. The summed E-state index contributed by atoms with van der Waals surface area (Å²) in [4.78, 5) is 38.5. The number of para-hydroxylation sites is 1. The van der Waals surface area contributed by atoms with Gasteiger partial charge < -0.3 is 24.3 Å². The molecular weight excluding hydrogens is 394 g/mol. The van der Waals surface area contributed by atoms with Gasteiger partial charge in [-0.1, -0.05) is 12.1 Å². The lowest BCUT2D eigenvalue weighted by Gasteiger charge is -2.17. The molecule has 2 aromatic carbocycles. The van der Waals surface area contributed by atoms with Crippen LogP contribution in [0.15, 0.2) is 51.1 Å². The van der Waals surface area contributed by atoms with Crippen molar-refractivity contribution >= 4 is 23.1 Å². The predicted molar refractivity (Wildman–Crippen MR) is 109 cm³/mol. The molecule has 0 aliphatic heterocycles. The predicted octanol–water partition coefficient (Wildman–Crippen LogP) is 1.44. The Balaban J connectivity index is 2.04. The fourth-order valence-corrected chi connectivity index (χ4v) is 2.70. The van der Waals surface area contributed by atoms with Gasteiger partial charge in [-0.05, 0) is 31.2 Å². The van der Waals surface area contributed by atoms with Crippen LogP contribution in [0.3, 0.4) is 0 Å². The third-order valence-corrected chi connectivity index (χ3v) is 4.23. The fraction of sp³-hybridized carbons (Fsp3) is 0.200. The molecule has 0 fully saturated rings. The number of hydrogen-bond acceptors (Lipinski definition) is 7. The van der Waals surface area contributed by atoms with Crippen molar-refractivity contribution in [3.05, 3.63) is 62.8 Å². The number of nitrogens with zero attached hydrogens (tertiary/aromatic N) is 2. The molecule has 3 aromatic rings. The van der Waals surface area contributed by atoms with Gasteiger partial charge >= 0.3 is 11.7 Å². The summed E-state index contributed by atoms with van der Waals surface area (Å²) in [6.45, 7) is 1.37. The summed E-state index contributed by atoms with van der Waals surface area (Å²) >= 11 is 0. The molecule has 0 unspecified atom stereocenters. The maximum Gasteiger partial charge on any atom is 0.349 e. The molecule has 0 aliphatic carbocycles. The lowest BCUT2D eigenvalue weighted by Crippen LogP contribution is -2.32. The van der Waals surface area contributed by atoms with Gasteiger partial charge in [0.25, 0.3) is 5.56 Å². The maximum atomic E-state index is 12.6. The topological polar surface area (TPSA) is 132 Å². The number of H-pyrrole nitrogens is 1. The van der Waals surface area contributed by atoms with Crippen molar-refractivity contribution in [2.24, 2.45) is 5.10 Å². The van der Waals surface area contributed by atoms with Gasteiger partial charge in [0, 0.05) is 5.56 Å². The number of rotatable bonds is 7. The van der Waals surface area contributed by atoms with Crippen molar-refractivity contribution in [1.82, 2.24) is 9.66 Å². The van der Waals surface area contributed by atoms with Gasteiger partial charge in [0.2, 0.25) is 5.75 Å². The number of carboxylic acid groups (broad SMARTS) is 1. The van der Waals surface area contributed by atoms with E-state index >= 15 is 0 Å². The van der Waals surface area contributed by atoms with Crippen molar-refractivity contribution in [1.29, 1.82) is 0 Å². The van der Waals surface area contributed by atoms with Crippen LogP contribution in [0.1, 0.15) is 12.5 Å². The molecule has 1 aromatic heterocycles. The molecule has 0 radical (unpaired) electrons. The van der Waals surface area contributed by atoms with Crippen LogP contribution in [0.5, 0.6) is 17.2 Å². The number of fused-ring (bicyclic) bond motifs is 1. The summed E-state index contributed by atoms with van der Waals surface area (Å²) in [6.07, 6.45) is 0.142. The van der Waals surface area contributed by atoms with E-state index in [1.807, 2.05) is 0 Å². The van der Waals surface area contributed by atoms with Gasteiger partial charge in [-0.3, -0.25) is 4.79 Å². The number of carbonyl (C=O) groups is 1. The SMILES string of the molecule is COc1cc(C=Nn2c(=O)[nH]c3ccccc3c2=O)cc(OC)c1O[C@@H](C)C(=O)O. The van der Waals surface area contributed by atoms with Crippen LogP contribution in [-0.2, 0) is 4.79 Å². The third kappa shape index (κ3) is 4.02. The number of carboxylic acids is 1. The smallest absolute Gasteiger partial charge is 0.349 e. The van der Waals surface area contributed by atoms with Crippen molar-refractivity contribution in [2.45, 2.75) is 13.0 Å². The molecule has 2 N–H and O–H groups in total. The highest BCUT2D eigenvalue weighted by molar-refractivity contribution is 5.83. The van der Waals surface area contributed by atoms with Crippen LogP contribution in [0, 0.1) is 0 Å². The van der Waals surface area contributed by atoms with E-state index in [2.05, 4.69) is 10.1 Å². The summed E-state index contributed by atoms with van der Waals surface area (Å²) in [6, 6.07) is 9.62. The Morgan fingerprint density at radius 2 is 1.80 bits per heavy atom. The summed E-state index contributed by atoms with van der Waals surface area (Å²) < 4.78 is 16.7. The van der Waals surface area contributed by atoms with Crippen LogP contribution in [0.25, 0.3) is 10.9 Å². The summed E-state index contributed by atoms with van der Waals surface area (Å²) in [7, 11) is 2.76. The van der Waals surface area contributed by atoms with Gasteiger partial charge in [-0.2, -0.15) is 5.10 Å². The van der Waals surface area contributed by atoms with E-state index in [0.29, 0.717) is 21.1 Å². The third-order valence-electron chi connectivity index (χ3n) is 4.23. The first-order valence-corrected chi connectivity index (χ1v) is 8.79. The van der Waals surface area contributed by atoms with Crippen LogP contribution in [-0.4, -0.2) is 47.3 Å². The molecule has 1 atom stereocenters. The largest absolute Gasteiger partial charge is 0.493 e. The number of methoxy groups -OCH3 is 2. The zero-order valence-electron chi connectivity index (χ0n) is 16.4. The first-order chi connectivity index (χ1) is 14.3. The van der Waals surface area contributed by atoms with Crippen LogP contribution in [0.4, 0.5) is 0 Å². The average molecular weight is 413 g/mol. The highest BCUT2D eigenvalue weighted by Gasteiger charge is 2.20. The minimum Gasteiger partial charge on any atom is -0.493 e. The second-order valence-corrected chi connectivity index (χ2v) is 6.19. The summed E-state index contributed by atoms with van der Waals surface area (Å²) in [5.41, 5.74) is -0.418. The quantitative estimate of drug-likeness (QED) is 0.560. The van der Waals surface area contributed by atoms with E-state index in [9.17, 15) is 14.4 Å². The molecule has 10 nitrogen and oxygen atoms in total. The normalized spacial score (nSPS) is 12.1. The molecule has 0 aliphatic rings. The zero-order chi connectivity index (χ0) is 21.8. The highest BCUT2D eigenvalue weighted by Crippen LogP contribution is 2.38. The van der Waals surface area contributed by atoms with Crippen molar-refractivity contribution in [3.63, 3.8) is 0 Å². The van der Waals surface area contributed by atoms with E-state index in [1.165, 1.54) is 39.5 Å². The molecular formula is C20H19N3O7. The van der Waals surface area contributed by atoms with Crippen molar-refractivity contribution < 1.29 is 24.1 Å². The fourth-order valence-electron chi connectivity index (χ4n) is 2.70. The van der Waals surface area contributed by atoms with E-state index in [4.69, 9.17) is 19.3 Å². The Hall–Kier alpha value is -4.08. The highest BCUT2D eigenvalue weighted by atomic mass is 16.6. The maximum absolute atomic E-state index is 12.6. The Bertz CT molecular complexity index is 1220. The molecule has 10 heteroatoms. The lowest BCUT2D eigenvalue weighted by atomic mass is 10.2. The summed E-state index contributed by atoms with van der Waals surface area (Å²) in [5, 5.41) is 13.4. The minimum absolute atomic E-state index is 0.104. The van der Waals surface area contributed by atoms with E-state index in [-0.39, 0.29) is 17.2 Å². The first-order valence-electron chi connectivity index (χ1n) is 8.79. The molecule has 156 valence electrons. The lowest BCUT2D eigenvalue weighted by molar-refractivity contribution is -0.144. The minimum atomic E-state index is -1.15. The molecule has 0 spiro atoms. The Labute approximate surface area is 169 Å². The van der Waals surface area contributed by atoms with Crippen molar-refractivity contribution in [3.8, 4) is 17.2 Å². The molecule has 0 bridgehead atoms. The second kappa shape index (κ2) is 8.52. The number of nitrogens with one attached hydrogen (secondary N) is 1. The van der Waals surface area contributed by atoms with Gasteiger partial charge in [-0.15, -0.1) is 4.68 Å². The molecule has 3 rings (SSSR count). The average Bonchev–Trinajstić information content (AvgIpc) is 2.73. The van der Waals surface area contributed by atoms with Crippen LogP contribution < -0.4 is 25.5 Å². The molecule has 0 saturated carbocycles. The van der Waals surface area contributed by atoms with Gasteiger partial charge in [0.1, 0.15) is 0 Å². The Kier molecular flexibility index (Phi) is 5.86. The van der Waals surface area contributed by atoms with Gasteiger partial charge in [0.05, 0.1) is 31.3 Å². The standard InChI is InChI=1S/C20H19N3O7/c1-11(19(25)26)30-17-15(28-2)8-12(9-16(17)29-3)10-21-23-18(24)13-6-4-5-7-14(13)22-20(23)27/h4-11H,1-3H3,(H,22,27)(H,25,26)/t11-/m0/s1.